The molecule has 1 fully saturated rings. The van der Waals surface area contributed by atoms with Gasteiger partial charge in [0.05, 0.1) is 5.41 Å². The highest BCUT2D eigenvalue weighted by Crippen LogP contribution is 2.40. The minimum Gasteiger partial charge on any atom is -0.396 e. The average Bonchev–Trinajstić information content (AvgIpc) is 2.62. The number of hydrogen-bond donors (Lipinski definition) is 1. The van der Waals surface area contributed by atoms with E-state index in [0.717, 1.165) is 5.56 Å². The van der Waals surface area contributed by atoms with Crippen molar-refractivity contribution in [1.82, 2.24) is 4.90 Å². The van der Waals surface area contributed by atoms with Gasteiger partial charge < -0.3 is 5.11 Å². The number of hydrogen-bond acceptors (Lipinski definition) is 3. The van der Waals surface area contributed by atoms with E-state index in [1.165, 1.54) is 4.90 Å². The number of carbonyl (C=O) groups excluding carboxylic acids is 2. The van der Waals surface area contributed by atoms with Gasteiger partial charge in [-0.25, -0.2) is 0 Å². The fourth-order valence-electron chi connectivity index (χ4n) is 2.85. The lowest BCUT2D eigenvalue weighted by Crippen LogP contribution is -2.50. The van der Waals surface area contributed by atoms with E-state index in [1.807, 2.05) is 51.1 Å². The predicted octanol–water partition coefficient (Wildman–Crippen LogP) is 1.86. The van der Waals surface area contributed by atoms with Crippen molar-refractivity contribution < 1.29 is 14.7 Å². The van der Waals surface area contributed by atoms with E-state index in [-0.39, 0.29) is 24.8 Å². The second kappa shape index (κ2) is 5.02. The molecule has 2 rings (SSSR count). The van der Waals surface area contributed by atoms with E-state index in [2.05, 4.69) is 0 Å². The molecule has 4 nitrogen and oxygen atoms in total. The zero-order valence-electron chi connectivity index (χ0n) is 12.2. The van der Waals surface area contributed by atoms with E-state index >= 15 is 0 Å². The molecule has 4 heteroatoms. The van der Waals surface area contributed by atoms with Crippen LogP contribution in [0.25, 0.3) is 0 Å². The van der Waals surface area contributed by atoms with Crippen molar-refractivity contribution in [2.24, 2.45) is 0 Å². The Morgan fingerprint density at radius 2 is 1.85 bits per heavy atom. The van der Waals surface area contributed by atoms with Crippen LogP contribution in [0.5, 0.6) is 0 Å². The summed E-state index contributed by atoms with van der Waals surface area (Å²) in [5.74, 6) is -0.341. The van der Waals surface area contributed by atoms with Crippen LogP contribution in [-0.4, -0.2) is 34.0 Å². The van der Waals surface area contributed by atoms with E-state index in [4.69, 9.17) is 5.11 Å². The van der Waals surface area contributed by atoms with Gasteiger partial charge in [-0.05, 0) is 32.8 Å². The van der Waals surface area contributed by atoms with Crippen LogP contribution in [0.15, 0.2) is 30.3 Å². The third kappa shape index (κ3) is 2.24. The molecule has 1 N–H and O–H groups in total. The third-order valence-electron chi connectivity index (χ3n) is 4.17. The highest BCUT2D eigenvalue weighted by Gasteiger charge is 2.53. The lowest BCUT2D eigenvalue weighted by Gasteiger charge is -2.35. The number of likely N-dealkylation sites (tertiary alicyclic amines) is 1. The summed E-state index contributed by atoms with van der Waals surface area (Å²) in [6, 6.07) is 9.41. The van der Waals surface area contributed by atoms with E-state index in [9.17, 15) is 9.59 Å². The molecule has 20 heavy (non-hydrogen) atoms. The fourth-order valence-corrected chi connectivity index (χ4v) is 2.85. The normalized spacial score (nSPS) is 23.5. The molecule has 108 valence electrons. The monoisotopic (exact) mass is 275 g/mol. The van der Waals surface area contributed by atoms with Crippen LogP contribution in [0.3, 0.4) is 0 Å². The Hall–Kier alpha value is -1.68. The maximum Gasteiger partial charge on any atom is 0.240 e. The summed E-state index contributed by atoms with van der Waals surface area (Å²) in [5.41, 5.74) is -0.596. The number of aliphatic hydroxyl groups is 1. The van der Waals surface area contributed by atoms with Crippen LogP contribution >= 0.6 is 0 Å². The first-order valence-corrected chi connectivity index (χ1v) is 6.87. The van der Waals surface area contributed by atoms with Crippen LogP contribution in [0.4, 0.5) is 0 Å². The smallest absolute Gasteiger partial charge is 0.240 e. The molecule has 0 radical (unpaired) electrons. The highest BCUT2D eigenvalue weighted by atomic mass is 16.3. The van der Waals surface area contributed by atoms with Crippen molar-refractivity contribution in [2.75, 3.05) is 6.61 Å². The maximum atomic E-state index is 12.8. The minimum absolute atomic E-state index is 0.0495. The Kier molecular flexibility index (Phi) is 3.69. The second-order valence-electron chi connectivity index (χ2n) is 6.20. The number of benzene rings is 1. The standard InChI is InChI=1S/C16H21NO3/c1-15(2,9-10-18)17-13(19)11-16(3,14(17)20)12-7-5-4-6-8-12/h4-8,18H,9-11H2,1-3H3. The average molecular weight is 275 g/mol. The van der Waals surface area contributed by atoms with Crippen LogP contribution in [0.1, 0.15) is 39.2 Å². The van der Waals surface area contributed by atoms with Crippen LogP contribution in [-0.2, 0) is 15.0 Å². The second-order valence-corrected chi connectivity index (χ2v) is 6.20. The van der Waals surface area contributed by atoms with E-state index in [1.54, 1.807) is 0 Å². The Morgan fingerprint density at radius 1 is 1.25 bits per heavy atom. The molecule has 1 aromatic carbocycles. The van der Waals surface area contributed by atoms with Gasteiger partial charge in [-0.15, -0.1) is 0 Å². The quantitative estimate of drug-likeness (QED) is 0.853. The zero-order valence-corrected chi connectivity index (χ0v) is 12.2. The molecular weight excluding hydrogens is 254 g/mol. The van der Waals surface area contributed by atoms with Gasteiger partial charge in [0.25, 0.3) is 0 Å². The summed E-state index contributed by atoms with van der Waals surface area (Å²) in [6.45, 7) is 5.40. The fraction of sp³-hybridized carbons (Fsp3) is 0.500. The number of carbonyl (C=O) groups is 2. The molecule has 1 heterocycles. The molecule has 0 aromatic heterocycles. The molecule has 1 aromatic rings. The molecule has 0 saturated carbocycles. The van der Waals surface area contributed by atoms with Gasteiger partial charge in [-0.3, -0.25) is 14.5 Å². The van der Waals surface area contributed by atoms with E-state index in [0.29, 0.717) is 6.42 Å². The summed E-state index contributed by atoms with van der Waals surface area (Å²) in [7, 11) is 0. The molecule has 0 aliphatic carbocycles. The van der Waals surface area contributed by atoms with E-state index < -0.39 is 11.0 Å². The van der Waals surface area contributed by atoms with Crippen molar-refractivity contribution in [3.05, 3.63) is 35.9 Å². The SMILES string of the molecule is CC1(c2ccccc2)CC(=O)N(C(C)(C)CCO)C1=O. The van der Waals surface area contributed by atoms with Gasteiger partial charge in [-0.1, -0.05) is 30.3 Å². The molecular formula is C16H21NO3. The molecule has 0 bridgehead atoms. The molecule has 0 spiro atoms. The topological polar surface area (TPSA) is 57.6 Å². The van der Waals surface area contributed by atoms with Crippen molar-refractivity contribution in [3.63, 3.8) is 0 Å². The summed E-state index contributed by atoms with van der Waals surface area (Å²) < 4.78 is 0. The van der Waals surface area contributed by atoms with Crippen molar-refractivity contribution in [2.45, 2.75) is 44.6 Å². The van der Waals surface area contributed by atoms with Gasteiger partial charge in [0.1, 0.15) is 0 Å². The van der Waals surface area contributed by atoms with Gasteiger partial charge in [0.15, 0.2) is 0 Å². The minimum atomic E-state index is -0.801. The lowest BCUT2D eigenvalue weighted by atomic mass is 9.81. The number of amides is 2. The number of imide groups is 1. The Bertz CT molecular complexity index is 524. The summed E-state index contributed by atoms with van der Waals surface area (Å²) in [6.07, 6.45) is 0.569. The van der Waals surface area contributed by atoms with Gasteiger partial charge >= 0.3 is 0 Å². The lowest BCUT2D eigenvalue weighted by molar-refractivity contribution is -0.146. The largest absolute Gasteiger partial charge is 0.396 e. The summed E-state index contributed by atoms with van der Waals surface area (Å²) in [5, 5.41) is 9.13. The first-order valence-electron chi connectivity index (χ1n) is 6.87. The van der Waals surface area contributed by atoms with Crippen LogP contribution < -0.4 is 0 Å². The Balaban J connectivity index is 2.39. The first kappa shape index (κ1) is 14.7. The van der Waals surface area contributed by atoms with Gasteiger partial charge in [0.2, 0.25) is 11.8 Å². The van der Waals surface area contributed by atoms with Crippen molar-refractivity contribution in [1.29, 1.82) is 0 Å². The highest BCUT2D eigenvalue weighted by molar-refractivity contribution is 6.09. The number of aliphatic hydroxyl groups excluding tert-OH is 1. The third-order valence-corrected chi connectivity index (χ3v) is 4.17. The van der Waals surface area contributed by atoms with Crippen molar-refractivity contribution >= 4 is 11.8 Å². The maximum absolute atomic E-state index is 12.8. The predicted molar refractivity (Wildman–Crippen MR) is 76.0 cm³/mol. The summed E-state index contributed by atoms with van der Waals surface area (Å²) in [4.78, 5) is 26.4. The molecule has 1 atom stereocenters. The van der Waals surface area contributed by atoms with Crippen molar-refractivity contribution in [3.8, 4) is 0 Å². The number of rotatable bonds is 4. The van der Waals surface area contributed by atoms with Crippen LogP contribution in [0.2, 0.25) is 0 Å². The molecule has 1 unspecified atom stereocenters. The van der Waals surface area contributed by atoms with Crippen LogP contribution in [0, 0.1) is 0 Å². The van der Waals surface area contributed by atoms with Gasteiger partial charge in [0, 0.05) is 18.6 Å². The molecule has 1 aliphatic heterocycles. The summed E-state index contributed by atoms with van der Waals surface area (Å²) >= 11 is 0. The number of nitrogens with zero attached hydrogens (tertiary/aromatic N) is 1. The Labute approximate surface area is 119 Å². The zero-order chi connectivity index (χ0) is 15.0. The molecule has 1 saturated heterocycles. The Morgan fingerprint density at radius 3 is 2.40 bits per heavy atom. The molecule has 2 amide bonds. The van der Waals surface area contributed by atoms with Gasteiger partial charge in [-0.2, -0.15) is 0 Å². The first-order chi connectivity index (χ1) is 9.33. The molecule has 1 aliphatic rings.